The van der Waals surface area contributed by atoms with Gasteiger partial charge in [-0.15, -0.1) is 0 Å². The number of furan rings is 1. The van der Waals surface area contributed by atoms with Crippen molar-refractivity contribution in [3.8, 4) is 0 Å². The van der Waals surface area contributed by atoms with Gasteiger partial charge >= 0.3 is 6.18 Å². The predicted molar refractivity (Wildman–Crippen MR) is 94.8 cm³/mol. The lowest BCUT2D eigenvalue weighted by Gasteiger charge is -2.26. The molecule has 1 saturated heterocycles. The van der Waals surface area contributed by atoms with Crippen molar-refractivity contribution in [3.63, 3.8) is 0 Å². The van der Waals surface area contributed by atoms with Crippen LogP contribution in [-0.2, 0) is 16.1 Å². The standard InChI is InChI=1S/C18H16BrF3N2O3/c19-14-5-1-2-6-15(14)24-9-12(8-16(24)25)17(26)23(11-18(20,21)22)10-13-4-3-7-27-13/h1-7,12H,8-11H2. The van der Waals surface area contributed by atoms with Gasteiger partial charge in [0.25, 0.3) is 0 Å². The highest BCUT2D eigenvalue weighted by Crippen LogP contribution is 2.32. The molecule has 0 N–H and O–H groups in total. The molecule has 0 spiro atoms. The van der Waals surface area contributed by atoms with E-state index in [0.717, 1.165) is 0 Å². The Kier molecular flexibility index (Phi) is 5.59. The molecule has 1 aliphatic heterocycles. The molecule has 5 nitrogen and oxygen atoms in total. The van der Waals surface area contributed by atoms with Crippen molar-refractivity contribution in [1.29, 1.82) is 0 Å². The van der Waals surface area contributed by atoms with E-state index in [1.165, 1.54) is 17.2 Å². The Morgan fingerprint density at radius 1 is 1.26 bits per heavy atom. The fourth-order valence-corrected chi connectivity index (χ4v) is 3.55. The summed E-state index contributed by atoms with van der Waals surface area (Å²) in [4.78, 5) is 27.2. The number of anilines is 1. The van der Waals surface area contributed by atoms with Crippen molar-refractivity contribution < 1.29 is 27.2 Å². The Morgan fingerprint density at radius 3 is 2.63 bits per heavy atom. The quantitative estimate of drug-likeness (QED) is 0.700. The summed E-state index contributed by atoms with van der Waals surface area (Å²) in [5.41, 5.74) is 0.589. The summed E-state index contributed by atoms with van der Waals surface area (Å²) in [6.07, 6.45) is -3.35. The zero-order chi connectivity index (χ0) is 19.6. The second-order valence-corrected chi connectivity index (χ2v) is 7.10. The van der Waals surface area contributed by atoms with Crippen molar-refractivity contribution in [1.82, 2.24) is 4.90 Å². The smallest absolute Gasteiger partial charge is 0.406 e. The van der Waals surface area contributed by atoms with E-state index in [0.29, 0.717) is 15.1 Å². The molecule has 0 aliphatic carbocycles. The van der Waals surface area contributed by atoms with Gasteiger partial charge in [0.05, 0.1) is 24.4 Å². The monoisotopic (exact) mass is 444 g/mol. The van der Waals surface area contributed by atoms with E-state index < -0.39 is 24.5 Å². The number of carbonyl (C=O) groups is 2. The van der Waals surface area contributed by atoms with Crippen LogP contribution in [-0.4, -0.2) is 36.0 Å². The number of alkyl halides is 3. The van der Waals surface area contributed by atoms with Crippen molar-refractivity contribution in [3.05, 3.63) is 52.9 Å². The van der Waals surface area contributed by atoms with E-state index >= 15 is 0 Å². The topological polar surface area (TPSA) is 53.8 Å². The lowest BCUT2D eigenvalue weighted by atomic mass is 10.1. The number of amides is 2. The van der Waals surface area contributed by atoms with Gasteiger partial charge in [-0.3, -0.25) is 9.59 Å². The van der Waals surface area contributed by atoms with Crippen LogP contribution in [0.5, 0.6) is 0 Å². The largest absolute Gasteiger partial charge is 0.467 e. The summed E-state index contributed by atoms with van der Waals surface area (Å²) in [5.74, 6) is -1.61. The predicted octanol–water partition coefficient (Wildman–Crippen LogP) is 3.99. The molecule has 1 aliphatic rings. The molecule has 3 rings (SSSR count). The first-order valence-electron chi connectivity index (χ1n) is 8.17. The van der Waals surface area contributed by atoms with E-state index in [4.69, 9.17) is 4.42 Å². The van der Waals surface area contributed by atoms with Crippen LogP contribution in [0, 0.1) is 5.92 Å². The highest BCUT2D eigenvalue weighted by molar-refractivity contribution is 9.10. The molecule has 2 amide bonds. The Hall–Kier alpha value is -2.29. The molecule has 27 heavy (non-hydrogen) atoms. The first-order valence-corrected chi connectivity index (χ1v) is 8.97. The van der Waals surface area contributed by atoms with Gasteiger partial charge in [-0.25, -0.2) is 0 Å². The number of nitrogens with zero attached hydrogens (tertiary/aromatic N) is 2. The number of rotatable bonds is 5. The lowest BCUT2D eigenvalue weighted by molar-refractivity contribution is -0.165. The van der Waals surface area contributed by atoms with E-state index in [-0.39, 0.29) is 31.2 Å². The molecule has 1 fully saturated rings. The Balaban J connectivity index is 1.77. The van der Waals surface area contributed by atoms with Gasteiger partial charge in [0.1, 0.15) is 12.3 Å². The van der Waals surface area contributed by atoms with Gasteiger partial charge < -0.3 is 14.2 Å². The number of halogens is 4. The summed E-state index contributed by atoms with van der Waals surface area (Å²) >= 11 is 3.35. The molecule has 2 heterocycles. The summed E-state index contributed by atoms with van der Waals surface area (Å²) in [6, 6.07) is 10.0. The Bertz CT molecular complexity index is 824. The number of carbonyl (C=O) groups excluding carboxylic acids is 2. The fourth-order valence-electron chi connectivity index (χ4n) is 3.05. The van der Waals surface area contributed by atoms with Crippen molar-refractivity contribution in [2.75, 3.05) is 18.0 Å². The minimum Gasteiger partial charge on any atom is -0.467 e. The van der Waals surface area contributed by atoms with Crippen LogP contribution in [0.15, 0.2) is 51.6 Å². The first-order chi connectivity index (χ1) is 12.7. The van der Waals surface area contributed by atoms with Gasteiger partial charge in [0.15, 0.2) is 0 Å². The highest BCUT2D eigenvalue weighted by Gasteiger charge is 2.41. The van der Waals surface area contributed by atoms with Gasteiger partial charge in [0, 0.05) is 17.4 Å². The van der Waals surface area contributed by atoms with E-state index in [1.807, 2.05) is 0 Å². The Morgan fingerprint density at radius 2 is 2.00 bits per heavy atom. The van der Waals surface area contributed by atoms with Crippen LogP contribution in [0.3, 0.4) is 0 Å². The molecule has 1 atom stereocenters. The third kappa shape index (κ3) is 4.71. The molecule has 0 radical (unpaired) electrons. The number of hydrogen-bond donors (Lipinski definition) is 0. The third-order valence-electron chi connectivity index (χ3n) is 4.23. The van der Waals surface area contributed by atoms with Crippen LogP contribution in [0.2, 0.25) is 0 Å². The van der Waals surface area contributed by atoms with Crippen molar-refractivity contribution >= 4 is 33.4 Å². The molecular formula is C18H16BrF3N2O3. The lowest BCUT2D eigenvalue weighted by Crippen LogP contribution is -2.42. The van der Waals surface area contributed by atoms with Gasteiger partial charge in [-0.05, 0) is 40.2 Å². The molecule has 1 aromatic carbocycles. The molecule has 2 aromatic rings. The van der Waals surface area contributed by atoms with Gasteiger partial charge in [0.2, 0.25) is 11.8 Å². The third-order valence-corrected chi connectivity index (χ3v) is 4.90. The molecule has 0 bridgehead atoms. The minimum atomic E-state index is -4.55. The maximum Gasteiger partial charge on any atom is 0.406 e. The van der Waals surface area contributed by atoms with Crippen molar-refractivity contribution in [2.45, 2.75) is 19.1 Å². The van der Waals surface area contributed by atoms with E-state index in [9.17, 15) is 22.8 Å². The highest BCUT2D eigenvalue weighted by atomic mass is 79.9. The van der Waals surface area contributed by atoms with Crippen molar-refractivity contribution in [2.24, 2.45) is 5.92 Å². The van der Waals surface area contributed by atoms with Crippen LogP contribution in [0.4, 0.5) is 18.9 Å². The average Bonchev–Trinajstić information content (AvgIpc) is 3.22. The first kappa shape index (κ1) is 19.5. The zero-order valence-electron chi connectivity index (χ0n) is 14.1. The molecule has 9 heteroatoms. The normalized spacial score (nSPS) is 17.4. The summed E-state index contributed by atoms with van der Waals surface area (Å²) < 4.78 is 44.6. The molecule has 1 unspecified atom stereocenters. The van der Waals surface area contributed by atoms with Gasteiger partial charge in [-0.2, -0.15) is 13.2 Å². The summed E-state index contributed by atoms with van der Waals surface area (Å²) in [6.45, 7) is -1.66. The molecule has 0 saturated carbocycles. The van der Waals surface area contributed by atoms with Gasteiger partial charge in [-0.1, -0.05) is 12.1 Å². The molecule has 144 valence electrons. The second-order valence-electron chi connectivity index (χ2n) is 6.25. The molecular weight excluding hydrogens is 429 g/mol. The van der Waals surface area contributed by atoms with E-state index in [2.05, 4.69) is 15.9 Å². The van der Waals surface area contributed by atoms with Crippen LogP contribution < -0.4 is 4.90 Å². The Labute approximate surface area is 161 Å². The number of hydrogen-bond acceptors (Lipinski definition) is 3. The fraction of sp³-hybridized carbons (Fsp3) is 0.333. The zero-order valence-corrected chi connectivity index (χ0v) is 15.7. The average molecular weight is 445 g/mol. The maximum atomic E-state index is 12.9. The van der Waals surface area contributed by atoms with E-state index in [1.54, 1.807) is 30.3 Å². The van der Waals surface area contributed by atoms with Crippen LogP contribution in [0.25, 0.3) is 0 Å². The second kappa shape index (κ2) is 7.75. The summed E-state index contributed by atoms with van der Waals surface area (Å²) in [5, 5.41) is 0. The molecule has 1 aromatic heterocycles. The number of benzene rings is 1. The number of para-hydroxylation sites is 1. The maximum absolute atomic E-state index is 12.9. The SMILES string of the molecule is O=C(C1CC(=O)N(c2ccccc2Br)C1)N(Cc1ccco1)CC(F)(F)F. The minimum absolute atomic E-state index is 0.0345. The van der Waals surface area contributed by atoms with Crippen LogP contribution in [0.1, 0.15) is 12.2 Å². The van der Waals surface area contributed by atoms with Crippen LogP contribution >= 0.6 is 15.9 Å². The summed E-state index contributed by atoms with van der Waals surface area (Å²) in [7, 11) is 0.